The molecule has 1 saturated heterocycles. The number of piperidine rings is 1. The Morgan fingerprint density at radius 2 is 2.00 bits per heavy atom. The van der Waals surface area contributed by atoms with Gasteiger partial charge in [-0.1, -0.05) is 13.3 Å². The van der Waals surface area contributed by atoms with Gasteiger partial charge in [0.15, 0.2) is 0 Å². The predicted octanol–water partition coefficient (Wildman–Crippen LogP) is 4.20. The van der Waals surface area contributed by atoms with Gasteiger partial charge < -0.3 is 5.32 Å². The Kier molecular flexibility index (Phi) is 7.19. The third-order valence-corrected chi connectivity index (χ3v) is 9.64. The maximum Gasteiger partial charge on any atom is 0.256 e. The standard InChI is InChI=1S/C24H30N4O3S2/c1-3-12-27-14-11-20-21(15-25)24(32-22(20)16-27)26-23(29)18-7-9-19(10-8-18)33(30,31)28-13-5-4-6-17(28)2/h7-10,17H,3-6,11-14,16H2,1-2H3,(H,26,29). The molecule has 9 heteroatoms. The molecular formula is C24H30N4O3S2. The first-order valence-electron chi connectivity index (χ1n) is 11.6. The van der Waals surface area contributed by atoms with E-state index >= 15 is 0 Å². The molecule has 7 nitrogen and oxygen atoms in total. The van der Waals surface area contributed by atoms with E-state index in [2.05, 4.69) is 23.2 Å². The molecule has 1 N–H and O–H groups in total. The minimum Gasteiger partial charge on any atom is -0.312 e. The summed E-state index contributed by atoms with van der Waals surface area (Å²) < 4.78 is 27.6. The van der Waals surface area contributed by atoms with E-state index in [4.69, 9.17) is 0 Å². The molecule has 33 heavy (non-hydrogen) atoms. The summed E-state index contributed by atoms with van der Waals surface area (Å²) in [5.41, 5.74) is 1.96. The zero-order valence-electron chi connectivity index (χ0n) is 19.1. The number of anilines is 1. The number of nitrogens with one attached hydrogen (secondary N) is 1. The summed E-state index contributed by atoms with van der Waals surface area (Å²) in [6.07, 6.45) is 4.66. The molecule has 1 atom stereocenters. The number of hydrogen-bond donors (Lipinski definition) is 1. The summed E-state index contributed by atoms with van der Waals surface area (Å²) in [6, 6.07) is 8.33. The Balaban J connectivity index is 1.50. The van der Waals surface area contributed by atoms with Crippen molar-refractivity contribution in [3.8, 4) is 6.07 Å². The molecule has 0 aliphatic carbocycles. The van der Waals surface area contributed by atoms with E-state index in [-0.39, 0.29) is 16.8 Å². The Bertz CT molecular complexity index is 1170. The van der Waals surface area contributed by atoms with Gasteiger partial charge in [0.25, 0.3) is 5.91 Å². The third-order valence-electron chi connectivity index (χ3n) is 6.48. The Morgan fingerprint density at radius 3 is 2.67 bits per heavy atom. The summed E-state index contributed by atoms with van der Waals surface area (Å²) in [7, 11) is -3.58. The summed E-state index contributed by atoms with van der Waals surface area (Å²) in [5, 5.41) is 13.2. The normalized spacial score (nSPS) is 19.6. The second-order valence-corrected chi connectivity index (χ2v) is 11.8. The lowest BCUT2D eigenvalue weighted by Gasteiger charge is -2.32. The van der Waals surface area contributed by atoms with Crippen LogP contribution in [0.1, 0.15) is 65.9 Å². The van der Waals surface area contributed by atoms with E-state index in [1.165, 1.54) is 23.5 Å². The van der Waals surface area contributed by atoms with Crippen LogP contribution in [0, 0.1) is 11.3 Å². The van der Waals surface area contributed by atoms with Crippen LogP contribution in [0.3, 0.4) is 0 Å². The average molecular weight is 487 g/mol. The Morgan fingerprint density at radius 1 is 1.24 bits per heavy atom. The van der Waals surface area contributed by atoms with E-state index in [1.54, 1.807) is 16.4 Å². The number of hydrogen-bond acceptors (Lipinski definition) is 6. The fraction of sp³-hybridized carbons (Fsp3) is 0.500. The van der Waals surface area contributed by atoms with Crippen LogP contribution in [0.2, 0.25) is 0 Å². The molecule has 2 aromatic rings. The van der Waals surface area contributed by atoms with Crippen molar-refractivity contribution in [2.75, 3.05) is 25.0 Å². The van der Waals surface area contributed by atoms with Crippen molar-refractivity contribution < 1.29 is 13.2 Å². The summed E-state index contributed by atoms with van der Waals surface area (Å²) >= 11 is 1.47. The second-order valence-electron chi connectivity index (χ2n) is 8.78. The summed E-state index contributed by atoms with van der Waals surface area (Å²) in [6.45, 7) is 7.37. The fourth-order valence-corrected chi connectivity index (χ4v) is 7.62. The van der Waals surface area contributed by atoms with Gasteiger partial charge in [-0.3, -0.25) is 9.69 Å². The lowest BCUT2D eigenvalue weighted by Crippen LogP contribution is -2.41. The Labute approximate surface area is 200 Å². The number of amides is 1. The smallest absolute Gasteiger partial charge is 0.256 e. The predicted molar refractivity (Wildman–Crippen MR) is 130 cm³/mol. The lowest BCUT2D eigenvalue weighted by molar-refractivity contribution is 0.102. The van der Waals surface area contributed by atoms with Crippen LogP contribution >= 0.6 is 11.3 Å². The summed E-state index contributed by atoms with van der Waals surface area (Å²) in [4.78, 5) is 16.6. The molecule has 2 aliphatic rings. The molecule has 0 saturated carbocycles. The van der Waals surface area contributed by atoms with Crippen LogP contribution in [0.4, 0.5) is 5.00 Å². The highest BCUT2D eigenvalue weighted by Crippen LogP contribution is 2.37. The first-order chi connectivity index (χ1) is 15.8. The van der Waals surface area contributed by atoms with Crippen molar-refractivity contribution >= 4 is 32.3 Å². The number of rotatable bonds is 6. The number of carbonyl (C=O) groups is 1. The van der Waals surface area contributed by atoms with Gasteiger partial charge in [0.05, 0.1) is 10.5 Å². The number of nitrogens with zero attached hydrogens (tertiary/aromatic N) is 3. The molecule has 1 unspecified atom stereocenters. The van der Waals surface area contributed by atoms with Crippen molar-refractivity contribution in [2.45, 2.75) is 63.4 Å². The van der Waals surface area contributed by atoms with Gasteiger partial charge in [-0.15, -0.1) is 11.3 Å². The minimum absolute atomic E-state index is 0.0192. The SMILES string of the molecule is CCCN1CCc2c(sc(NC(=O)c3ccc(S(=O)(=O)N4CCCCC4C)cc3)c2C#N)C1. The van der Waals surface area contributed by atoms with E-state index in [1.807, 2.05) is 6.92 Å². The molecule has 2 aliphatic heterocycles. The molecule has 3 heterocycles. The largest absolute Gasteiger partial charge is 0.312 e. The monoisotopic (exact) mass is 486 g/mol. The molecule has 1 amide bonds. The van der Waals surface area contributed by atoms with Gasteiger partial charge in [0.1, 0.15) is 11.1 Å². The van der Waals surface area contributed by atoms with Crippen LogP contribution < -0.4 is 5.32 Å². The number of nitriles is 1. The van der Waals surface area contributed by atoms with Crippen LogP contribution in [0.15, 0.2) is 29.2 Å². The molecule has 0 bridgehead atoms. The highest BCUT2D eigenvalue weighted by Gasteiger charge is 2.31. The quantitative estimate of drug-likeness (QED) is 0.660. The van der Waals surface area contributed by atoms with E-state index < -0.39 is 10.0 Å². The van der Waals surface area contributed by atoms with E-state index in [0.29, 0.717) is 22.7 Å². The molecule has 4 rings (SSSR count). The zero-order chi connectivity index (χ0) is 23.6. The van der Waals surface area contributed by atoms with Crippen molar-refractivity contribution in [1.82, 2.24) is 9.21 Å². The molecule has 1 aromatic heterocycles. The van der Waals surface area contributed by atoms with Gasteiger partial charge in [-0.2, -0.15) is 9.57 Å². The van der Waals surface area contributed by atoms with Crippen molar-refractivity contribution in [2.24, 2.45) is 0 Å². The van der Waals surface area contributed by atoms with Crippen LogP contribution in [-0.4, -0.2) is 49.2 Å². The van der Waals surface area contributed by atoms with Crippen LogP contribution in [-0.2, 0) is 23.0 Å². The van der Waals surface area contributed by atoms with E-state index in [9.17, 15) is 18.5 Å². The minimum atomic E-state index is -3.58. The molecule has 0 spiro atoms. The number of benzene rings is 1. The highest BCUT2D eigenvalue weighted by atomic mass is 32.2. The second kappa shape index (κ2) is 9.94. The third kappa shape index (κ3) is 4.85. The average Bonchev–Trinajstić information content (AvgIpc) is 3.15. The van der Waals surface area contributed by atoms with E-state index in [0.717, 1.165) is 62.2 Å². The first kappa shape index (κ1) is 23.9. The van der Waals surface area contributed by atoms with Crippen molar-refractivity contribution in [1.29, 1.82) is 5.26 Å². The molecule has 176 valence electrons. The van der Waals surface area contributed by atoms with Crippen LogP contribution in [0.5, 0.6) is 0 Å². The lowest BCUT2D eigenvalue weighted by atomic mass is 10.0. The highest BCUT2D eigenvalue weighted by molar-refractivity contribution is 7.89. The Hall–Kier alpha value is -2.25. The van der Waals surface area contributed by atoms with Gasteiger partial charge in [0.2, 0.25) is 10.0 Å². The first-order valence-corrected chi connectivity index (χ1v) is 13.8. The number of carbonyl (C=O) groups excluding carboxylic acids is 1. The number of thiophene rings is 1. The van der Waals surface area contributed by atoms with Gasteiger partial charge in [-0.05, 0) is 69.0 Å². The maximum absolute atomic E-state index is 13.0. The summed E-state index contributed by atoms with van der Waals surface area (Å²) in [5.74, 6) is -0.342. The zero-order valence-corrected chi connectivity index (χ0v) is 20.8. The molecule has 1 aromatic carbocycles. The van der Waals surface area contributed by atoms with Crippen molar-refractivity contribution in [3.63, 3.8) is 0 Å². The van der Waals surface area contributed by atoms with Gasteiger partial charge in [-0.25, -0.2) is 8.42 Å². The van der Waals surface area contributed by atoms with Gasteiger partial charge in [0, 0.05) is 36.1 Å². The fourth-order valence-electron chi connectivity index (χ4n) is 4.69. The maximum atomic E-state index is 13.0. The molecule has 0 radical (unpaired) electrons. The van der Waals surface area contributed by atoms with Crippen molar-refractivity contribution in [3.05, 3.63) is 45.8 Å². The number of fused-ring (bicyclic) bond motifs is 1. The number of sulfonamides is 1. The van der Waals surface area contributed by atoms with Gasteiger partial charge >= 0.3 is 0 Å². The molecule has 1 fully saturated rings. The molecular weight excluding hydrogens is 456 g/mol. The van der Waals surface area contributed by atoms with Crippen LogP contribution in [0.25, 0.3) is 0 Å². The topological polar surface area (TPSA) is 93.5 Å².